The van der Waals surface area contributed by atoms with Crippen LogP contribution in [0, 0.1) is 13.8 Å². The molecular formula is C25H23ClN4O2S. The molecule has 2 heterocycles. The third kappa shape index (κ3) is 5.21. The van der Waals surface area contributed by atoms with Crippen molar-refractivity contribution in [2.24, 2.45) is 0 Å². The number of hydrogen-bond donors (Lipinski definition) is 1. The number of halogens is 1. The minimum Gasteiger partial charge on any atom is -0.326 e. The molecule has 0 fully saturated rings. The second kappa shape index (κ2) is 9.68. The van der Waals surface area contributed by atoms with Gasteiger partial charge in [-0.05, 0) is 56.7 Å². The van der Waals surface area contributed by atoms with E-state index in [1.54, 1.807) is 24.3 Å². The molecule has 0 saturated carbocycles. The Morgan fingerprint density at radius 3 is 2.52 bits per heavy atom. The number of ketones is 1. The van der Waals surface area contributed by atoms with Gasteiger partial charge in [0.05, 0.1) is 17.8 Å². The van der Waals surface area contributed by atoms with Crippen LogP contribution >= 0.6 is 22.9 Å². The van der Waals surface area contributed by atoms with Gasteiger partial charge in [-0.3, -0.25) is 9.59 Å². The van der Waals surface area contributed by atoms with Gasteiger partial charge in [0, 0.05) is 39.3 Å². The molecule has 2 aromatic heterocycles. The van der Waals surface area contributed by atoms with Crippen molar-refractivity contribution in [1.82, 2.24) is 14.8 Å². The second-order valence-electron chi connectivity index (χ2n) is 7.81. The van der Waals surface area contributed by atoms with Crippen LogP contribution in [0.15, 0.2) is 53.9 Å². The zero-order chi connectivity index (χ0) is 23.5. The van der Waals surface area contributed by atoms with Gasteiger partial charge in [0.25, 0.3) is 0 Å². The molecule has 8 heteroatoms. The van der Waals surface area contributed by atoms with Crippen molar-refractivity contribution in [3.8, 4) is 5.13 Å². The van der Waals surface area contributed by atoms with E-state index in [2.05, 4.69) is 15.4 Å². The third-order valence-electron chi connectivity index (χ3n) is 5.40. The van der Waals surface area contributed by atoms with Gasteiger partial charge >= 0.3 is 0 Å². The molecule has 0 saturated heterocycles. The first kappa shape index (κ1) is 22.9. The number of carbonyl (C=O) groups excluding carboxylic acids is 2. The Hall–Kier alpha value is -3.29. The molecule has 0 aliphatic rings. The number of benzene rings is 2. The molecule has 168 valence electrons. The Morgan fingerprint density at radius 1 is 1.09 bits per heavy atom. The minimum absolute atomic E-state index is 0.0120. The van der Waals surface area contributed by atoms with Gasteiger partial charge in [-0.1, -0.05) is 29.8 Å². The number of aromatic nitrogens is 3. The Kier molecular flexibility index (Phi) is 6.72. The number of nitrogens with one attached hydrogen (secondary N) is 1. The normalized spacial score (nSPS) is 10.9. The topological polar surface area (TPSA) is 76.9 Å². The molecule has 0 radical (unpaired) electrons. The Balaban J connectivity index is 1.46. The summed E-state index contributed by atoms with van der Waals surface area (Å²) in [5, 5.41) is 10.9. The molecule has 2 aromatic carbocycles. The molecule has 0 aliphatic heterocycles. The van der Waals surface area contributed by atoms with Gasteiger partial charge in [0.15, 0.2) is 5.78 Å². The maximum Gasteiger partial charge on any atom is 0.230 e. The average molecular weight is 479 g/mol. The lowest BCUT2D eigenvalue weighted by atomic mass is 10.0. The molecule has 0 unspecified atom stereocenters. The highest BCUT2D eigenvalue weighted by Gasteiger charge is 2.17. The summed E-state index contributed by atoms with van der Waals surface area (Å²) in [6.45, 7) is 5.51. The highest BCUT2D eigenvalue weighted by molar-refractivity contribution is 7.12. The first-order valence-electron chi connectivity index (χ1n) is 10.5. The van der Waals surface area contributed by atoms with Gasteiger partial charge in [-0.2, -0.15) is 5.10 Å². The number of amides is 1. The fourth-order valence-electron chi connectivity index (χ4n) is 3.58. The zero-order valence-electron chi connectivity index (χ0n) is 18.6. The van der Waals surface area contributed by atoms with Crippen LogP contribution < -0.4 is 5.32 Å². The van der Waals surface area contributed by atoms with Gasteiger partial charge in [0.2, 0.25) is 11.0 Å². The van der Waals surface area contributed by atoms with Crippen molar-refractivity contribution in [3.63, 3.8) is 0 Å². The van der Waals surface area contributed by atoms with Crippen molar-refractivity contribution in [3.05, 3.63) is 92.7 Å². The van der Waals surface area contributed by atoms with Gasteiger partial charge in [-0.25, -0.2) is 9.67 Å². The average Bonchev–Trinajstić information content (AvgIpc) is 3.35. The fraction of sp³-hybridized carbons (Fsp3) is 0.200. The number of aryl methyl sites for hydroxylation is 1. The molecule has 0 bridgehead atoms. The first-order valence-corrected chi connectivity index (χ1v) is 11.7. The maximum atomic E-state index is 12.5. The van der Waals surface area contributed by atoms with E-state index in [-0.39, 0.29) is 18.1 Å². The molecule has 1 amide bonds. The van der Waals surface area contributed by atoms with Gasteiger partial charge in [0.1, 0.15) is 0 Å². The van der Waals surface area contributed by atoms with Crippen molar-refractivity contribution in [2.45, 2.75) is 33.6 Å². The van der Waals surface area contributed by atoms with Crippen LogP contribution in [0.4, 0.5) is 5.69 Å². The molecule has 0 aliphatic carbocycles. The van der Waals surface area contributed by atoms with Crippen LogP contribution in [0.5, 0.6) is 0 Å². The van der Waals surface area contributed by atoms with Crippen LogP contribution in [0.25, 0.3) is 5.13 Å². The van der Waals surface area contributed by atoms with E-state index in [1.807, 2.05) is 48.2 Å². The lowest BCUT2D eigenvalue weighted by Crippen LogP contribution is -2.14. The summed E-state index contributed by atoms with van der Waals surface area (Å²) in [5.74, 6) is -0.183. The number of rotatable bonds is 7. The number of thiazole rings is 1. The van der Waals surface area contributed by atoms with E-state index < -0.39 is 0 Å². The van der Waals surface area contributed by atoms with Gasteiger partial charge in [-0.15, -0.1) is 11.3 Å². The van der Waals surface area contributed by atoms with Crippen molar-refractivity contribution in [2.75, 3.05) is 5.32 Å². The summed E-state index contributed by atoms with van der Waals surface area (Å²) in [6, 6.07) is 14.6. The van der Waals surface area contributed by atoms with Crippen LogP contribution in [0.2, 0.25) is 5.02 Å². The van der Waals surface area contributed by atoms with Crippen LogP contribution in [0.1, 0.15) is 45.5 Å². The summed E-state index contributed by atoms with van der Waals surface area (Å²) in [4.78, 5) is 28.5. The Bertz CT molecular complexity index is 1320. The summed E-state index contributed by atoms with van der Waals surface area (Å²) in [7, 11) is 0. The predicted molar refractivity (Wildman–Crippen MR) is 132 cm³/mol. The quantitative estimate of drug-likeness (QED) is 0.352. The lowest BCUT2D eigenvalue weighted by Gasteiger charge is -2.05. The van der Waals surface area contributed by atoms with E-state index in [0.717, 1.165) is 32.7 Å². The molecular weight excluding hydrogens is 456 g/mol. The summed E-state index contributed by atoms with van der Waals surface area (Å²) in [6.07, 6.45) is 0.844. The number of Topliss-reactive ketones (excluding diaryl/α,β-unsaturated/α-hetero) is 1. The Labute approximate surface area is 201 Å². The van der Waals surface area contributed by atoms with Crippen molar-refractivity contribution < 1.29 is 9.59 Å². The molecule has 4 aromatic rings. The van der Waals surface area contributed by atoms with Crippen LogP contribution in [0.3, 0.4) is 0 Å². The number of carbonyl (C=O) groups is 2. The predicted octanol–water partition coefficient (Wildman–Crippen LogP) is 5.57. The maximum absolute atomic E-state index is 12.5. The monoisotopic (exact) mass is 478 g/mol. The fourth-order valence-corrected chi connectivity index (χ4v) is 4.61. The number of anilines is 1. The third-order valence-corrected chi connectivity index (χ3v) is 6.64. The molecule has 0 atom stereocenters. The Morgan fingerprint density at radius 2 is 1.82 bits per heavy atom. The molecule has 33 heavy (non-hydrogen) atoms. The zero-order valence-corrected chi connectivity index (χ0v) is 20.1. The van der Waals surface area contributed by atoms with Crippen LogP contribution in [-0.4, -0.2) is 26.5 Å². The smallest absolute Gasteiger partial charge is 0.230 e. The second-order valence-corrected chi connectivity index (χ2v) is 9.05. The van der Waals surface area contributed by atoms with E-state index >= 15 is 0 Å². The highest BCUT2D eigenvalue weighted by Crippen LogP contribution is 2.26. The standard InChI is InChI=1S/C25H23ClN4O2S/c1-15-22(12-19-6-4-5-7-23(19)26)16(2)30(29-15)25-28-21(14-33-25)13-24(32)27-20-10-8-18(9-11-20)17(3)31/h4-11,14H,12-13H2,1-3H3,(H,27,32). The summed E-state index contributed by atoms with van der Waals surface area (Å²) in [5.41, 5.74) is 6.02. The first-order chi connectivity index (χ1) is 15.8. The molecule has 6 nitrogen and oxygen atoms in total. The molecule has 1 N–H and O–H groups in total. The molecule has 0 spiro atoms. The lowest BCUT2D eigenvalue weighted by molar-refractivity contribution is -0.115. The molecule has 4 rings (SSSR count). The minimum atomic E-state index is -0.171. The van der Waals surface area contributed by atoms with Crippen molar-refractivity contribution >= 4 is 40.3 Å². The number of nitrogens with zero attached hydrogens (tertiary/aromatic N) is 3. The van der Waals surface area contributed by atoms with Crippen LogP contribution in [-0.2, 0) is 17.6 Å². The summed E-state index contributed by atoms with van der Waals surface area (Å²) < 4.78 is 1.83. The van der Waals surface area contributed by atoms with Crippen molar-refractivity contribution in [1.29, 1.82) is 0 Å². The van der Waals surface area contributed by atoms with E-state index in [0.29, 0.717) is 23.4 Å². The SMILES string of the molecule is CC(=O)c1ccc(NC(=O)Cc2csc(-n3nc(C)c(Cc4ccccc4Cl)c3C)n2)cc1. The van der Waals surface area contributed by atoms with E-state index in [4.69, 9.17) is 11.6 Å². The van der Waals surface area contributed by atoms with E-state index in [1.165, 1.54) is 18.3 Å². The number of hydrogen-bond acceptors (Lipinski definition) is 5. The highest BCUT2D eigenvalue weighted by atomic mass is 35.5. The largest absolute Gasteiger partial charge is 0.326 e. The van der Waals surface area contributed by atoms with Gasteiger partial charge < -0.3 is 5.32 Å². The summed E-state index contributed by atoms with van der Waals surface area (Å²) >= 11 is 7.79. The van der Waals surface area contributed by atoms with E-state index in [9.17, 15) is 9.59 Å².